The summed E-state index contributed by atoms with van der Waals surface area (Å²) in [7, 11) is 0. The van der Waals surface area contributed by atoms with Crippen LogP contribution < -0.4 is 10.2 Å². The Kier molecular flexibility index (Phi) is 6.63. The van der Waals surface area contributed by atoms with E-state index in [-0.39, 0.29) is 6.04 Å². The van der Waals surface area contributed by atoms with Crippen molar-refractivity contribution in [1.29, 1.82) is 0 Å². The van der Waals surface area contributed by atoms with Crippen molar-refractivity contribution in [3.8, 4) is 11.1 Å². The topological polar surface area (TPSA) is 58.4 Å². The molecule has 1 saturated carbocycles. The van der Waals surface area contributed by atoms with Gasteiger partial charge >= 0.3 is 6.18 Å². The Labute approximate surface area is 212 Å². The van der Waals surface area contributed by atoms with Crippen molar-refractivity contribution in [2.75, 3.05) is 23.3 Å². The number of hydrogen-bond acceptors (Lipinski definition) is 6. The summed E-state index contributed by atoms with van der Waals surface area (Å²) >= 11 is 1.54. The van der Waals surface area contributed by atoms with E-state index in [0.29, 0.717) is 29.0 Å². The van der Waals surface area contributed by atoms with Crippen molar-refractivity contribution in [1.82, 2.24) is 19.0 Å². The molecule has 1 aliphatic carbocycles. The van der Waals surface area contributed by atoms with Gasteiger partial charge in [0.2, 0.25) is 5.95 Å². The van der Waals surface area contributed by atoms with Gasteiger partial charge in [-0.1, -0.05) is 19.1 Å². The fourth-order valence-electron chi connectivity index (χ4n) is 5.10. The van der Waals surface area contributed by atoms with E-state index < -0.39 is 11.7 Å². The summed E-state index contributed by atoms with van der Waals surface area (Å²) in [5.74, 6) is 1.44. The molecular weight excluding hydrogens is 485 g/mol. The average molecular weight is 515 g/mol. The first-order valence-electron chi connectivity index (χ1n) is 12.2. The second kappa shape index (κ2) is 9.72. The largest absolute Gasteiger partial charge is 0.416 e. The van der Waals surface area contributed by atoms with Crippen LogP contribution in [0.4, 0.5) is 24.1 Å². The number of fused-ring (bicyclic) bond motifs is 1. The van der Waals surface area contributed by atoms with E-state index in [0.717, 1.165) is 49.3 Å². The highest BCUT2D eigenvalue weighted by Crippen LogP contribution is 2.36. The number of aryl methyl sites for hydroxylation is 1. The second-order valence-corrected chi connectivity index (χ2v) is 10.3. The fraction of sp³-hybridized carbons (Fsp3) is 0.423. The minimum atomic E-state index is -4.36. The average Bonchev–Trinajstić information content (AvgIpc) is 3.56. The van der Waals surface area contributed by atoms with Crippen LogP contribution in [-0.2, 0) is 6.18 Å². The van der Waals surface area contributed by atoms with Crippen LogP contribution in [0.2, 0.25) is 0 Å². The Balaban J connectivity index is 1.38. The van der Waals surface area contributed by atoms with Gasteiger partial charge in [0, 0.05) is 30.9 Å². The quantitative estimate of drug-likeness (QED) is 0.304. The third kappa shape index (κ3) is 4.91. The van der Waals surface area contributed by atoms with Gasteiger partial charge in [0.05, 0.1) is 11.3 Å². The number of nitrogens with zero attached hydrogens (tertiary/aromatic N) is 5. The summed E-state index contributed by atoms with van der Waals surface area (Å²) in [4.78, 5) is 7.14. The molecule has 4 aromatic rings. The number of anilines is 2. The standard InChI is InChI=1S/C26H29F3N6S/c1-4-34(22-14-17(3)33-36-22)15-19-8-7-16(2)23(19)30-25-31-24-21(6-5-13-35(24)32-25)18-9-11-20(12-10-18)26(27,28)29/h5-6,9-14,16,19,23H,4,7-8,15H2,1-3H3,(H,30,32)/t16-,19-,23+/m0/s1. The molecule has 0 unspecified atom stereocenters. The summed E-state index contributed by atoms with van der Waals surface area (Å²) in [6.45, 7) is 8.30. The van der Waals surface area contributed by atoms with Gasteiger partial charge in [0.15, 0.2) is 5.65 Å². The van der Waals surface area contributed by atoms with Crippen molar-refractivity contribution in [2.24, 2.45) is 11.8 Å². The number of halogens is 3. The summed E-state index contributed by atoms with van der Waals surface area (Å²) in [6.07, 6.45) is -0.304. The SMILES string of the molecule is CCN(C[C@@H]1CC[C@H](C)[C@H]1Nc1nc2c(-c3ccc(C(F)(F)F)cc3)cccn2n1)c1cc(C)ns1. The second-order valence-electron chi connectivity index (χ2n) is 9.53. The van der Waals surface area contributed by atoms with E-state index in [4.69, 9.17) is 4.98 Å². The van der Waals surface area contributed by atoms with Crippen molar-refractivity contribution < 1.29 is 13.2 Å². The summed E-state index contributed by atoms with van der Waals surface area (Å²) in [5.41, 5.74) is 2.38. The molecule has 0 spiro atoms. The molecule has 1 N–H and O–H groups in total. The number of alkyl halides is 3. The first-order chi connectivity index (χ1) is 17.2. The molecule has 3 heterocycles. The molecule has 0 amide bonds. The third-order valence-corrected chi connectivity index (χ3v) is 8.00. The molecular formula is C26H29F3N6S. The number of aromatic nitrogens is 4. The molecule has 1 fully saturated rings. The van der Waals surface area contributed by atoms with Gasteiger partial charge in [0.25, 0.3) is 0 Å². The van der Waals surface area contributed by atoms with Crippen LogP contribution in [0.15, 0.2) is 48.7 Å². The van der Waals surface area contributed by atoms with Gasteiger partial charge in [-0.05, 0) is 86.0 Å². The Morgan fingerprint density at radius 1 is 1.17 bits per heavy atom. The number of rotatable bonds is 7. The van der Waals surface area contributed by atoms with E-state index in [1.165, 1.54) is 17.1 Å². The third-order valence-electron chi connectivity index (χ3n) is 7.06. The summed E-state index contributed by atoms with van der Waals surface area (Å²) in [6, 6.07) is 11.2. The maximum absolute atomic E-state index is 13.0. The first-order valence-corrected chi connectivity index (χ1v) is 13.0. The maximum Gasteiger partial charge on any atom is 0.416 e. The molecule has 36 heavy (non-hydrogen) atoms. The molecule has 1 aliphatic rings. The zero-order valence-electron chi connectivity index (χ0n) is 20.5. The molecule has 190 valence electrons. The predicted octanol–water partition coefficient (Wildman–Crippen LogP) is 6.53. The summed E-state index contributed by atoms with van der Waals surface area (Å²) in [5, 5.41) is 9.43. The monoisotopic (exact) mass is 514 g/mol. The molecule has 3 aromatic heterocycles. The minimum Gasteiger partial charge on any atom is -0.362 e. The van der Waals surface area contributed by atoms with E-state index in [1.54, 1.807) is 16.0 Å². The Morgan fingerprint density at radius 3 is 2.61 bits per heavy atom. The Hall–Kier alpha value is -3.14. The zero-order valence-corrected chi connectivity index (χ0v) is 21.3. The molecule has 5 rings (SSSR count). The lowest BCUT2D eigenvalue weighted by atomic mass is 9.98. The maximum atomic E-state index is 13.0. The van der Waals surface area contributed by atoms with Crippen molar-refractivity contribution in [3.05, 3.63) is 59.9 Å². The smallest absolute Gasteiger partial charge is 0.362 e. The van der Waals surface area contributed by atoms with Crippen LogP contribution >= 0.6 is 11.5 Å². The number of pyridine rings is 1. The van der Waals surface area contributed by atoms with E-state index in [9.17, 15) is 13.2 Å². The molecule has 0 aliphatic heterocycles. The molecule has 0 bridgehead atoms. The van der Waals surface area contributed by atoms with E-state index >= 15 is 0 Å². The van der Waals surface area contributed by atoms with Crippen molar-refractivity contribution in [3.63, 3.8) is 0 Å². The molecule has 10 heteroatoms. The van der Waals surface area contributed by atoms with Crippen LogP contribution in [0.3, 0.4) is 0 Å². The minimum absolute atomic E-state index is 0.222. The van der Waals surface area contributed by atoms with Crippen LogP contribution in [0.1, 0.15) is 37.9 Å². The highest BCUT2D eigenvalue weighted by Gasteiger charge is 2.35. The van der Waals surface area contributed by atoms with Gasteiger partial charge in [-0.3, -0.25) is 0 Å². The predicted molar refractivity (Wildman–Crippen MR) is 137 cm³/mol. The Bertz CT molecular complexity index is 1330. The Morgan fingerprint density at radius 2 is 1.94 bits per heavy atom. The molecule has 3 atom stereocenters. The van der Waals surface area contributed by atoms with Gasteiger partial charge in [-0.15, -0.1) is 5.10 Å². The van der Waals surface area contributed by atoms with Gasteiger partial charge < -0.3 is 10.2 Å². The van der Waals surface area contributed by atoms with Crippen LogP contribution in [-0.4, -0.2) is 38.1 Å². The first kappa shape index (κ1) is 24.5. The summed E-state index contributed by atoms with van der Waals surface area (Å²) < 4.78 is 45.1. The highest BCUT2D eigenvalue weighted by atomic mass is 32.1. The molecule has 0 radical (unpaired) electrons. The van der Waals surface area contributed by atoms with Crippen LogP contribution in [0.5, 0.6) is 0 Å². The number of hydrogen-bond donors (Lipinski definition) is 1. The van der Waals surface area contributed by atoms with Gasteiger partial charge in [0.1, 0.15) is 5.00 Å². The van der Waals surface area contributed by atoms with E-state index in [1.807, 2.05) is 25.3 Å². The normalized spacial score (nSPS) is 20.2. The van der Waals surface area contributed by atoms with Gasteiger partial charge in [-0.25, -0.2) is 4.52 Å². The van der Waals surface area contributed by atoms with Crippen LogP contribution in [0.25, 0.3) is 16.8 Å². The lowest BCUT2D eigenvalue weighted by molar-refractivity contribution is -0.137. The highest BCUT2D eigenvalue weighted by molar-refractivity contribution is 7.10. The van der Waals surface area contributed by atoms with E-state index in [2.05, 4.69) is 39.6 Å². The lowest BCUT2D eigenvalue weighted by Gasteiger charge is -2.29. The molecule has 6 nitrogen and oxygen atoms in total. The van der Waals surface area contributed by atoms with Crippen molar-refractivity contribution >= 4 is 28.1 Å². The lowest BCUT2D eigenvalue weighted by Crippen LogP contribution is -2.38. The van der Waals surface area contributed by atoms with Gasteiger partial charge in [-0.2, -0.15) is 22.5 Å². The molecule has 0 saturated heterocycles. The fourth-order valence-corrected chi connectivity index (χ4v) is 5.94. The number of nitrogens with one attached hydrogen (secondary N) is 1. The van der Waals surface area contributed by atoms with Crippen molar-refractivity contribution in [2.45, 2.75) is 45.8 Å². The molecule has 1 aromatic carbocycles. The zero-order chi connectivity index (χ0) is 25.4. The van der Waals surface area contributed by atoms with Crippen LogP contribution in [0, 0.1) is 18.8 Å². The number of benzene rings is 1.